The van der Waals surface area contributed by atoms with Crippen molar-refractivity contribution in [2.24, 2.45) is 0 Å². The van der Waals surface area contributed by atoms with Crippen molar-refractivity contribution in [3.63, 3.8) is 0 Å². The van der Waals surface area contributed by atoms with E-state index < -0.39 is 5.97 Å². The second-order valence-corrected chi connectivity index (χ2v) is 6.90. The average Bonchev–Trinajstić information content (AvgIpc) is 3.18. The van der Waals surface area contributed by atoms with Crippen LogP contribution in [-0.2, 0) is 0 Å². The zero-order chi connectivity index (χ0) is 20.1. The summed E-state index contributed by atoms with van der Waals surface area (Å²) in [7, 11) is 1.57. The number of rotatable bonds is 7. The van der Waals surface area contributed by atoms with Crippen LogP contribution in [0.3, 0.4) is 0 Å². The van der Waals surface area contributed by atoms with E-state index in [0.29, 0.717) is 45.5 Å². The lowest BCUT2D eigenvalue weighted by Crippen LogP contribution is -1.97. The number of thiazole rings is 1. The number of hydrogen-bond donors (Lipinski definition) is 1. The van der Waals surface area contributed by atoms with Crippen LogP contribution in [0, 0.1) is 11.3 Å². The molecule has 1 aromatic heterocycles. The summed E-state index contributed by atoms with van der Waals surface area (Å²) in [5.74, 6) is 0.147. The first-order valence-corrected chi connectivity index (χ1v) is 9.44. The Bertz CT molecular complexity index is 1040. The largest absolute Gasteiger partial charge is 0.497 e. The normalized spacial score (nSPS) is 10.3. The van der Waals surface area contributed by atoms with Crippen molar-refractivity contribution in [1.29, 1.82) is 5.26 Å². The zero-order valence-electron chi connectivity index (χ0n) is 15.4. The van der Waals surface area contributed by atoms with Crippen LogP contribution in [0.2, 0.25) is 0 Å². The molecule has 28 heavy (non-hydrogen) atoms. The molecule has 7 heteroatoms. The van der Waals surface area contributed by atoms with Crippen LogP contribution in [0.25, 0.3) is 21.8 Å². The molecule has 0 saturated carbocycles. The molecular weight excluding hydrogens is 376 g/mol. The fraction of sp³-hybridized carbons (Fsp3) is 0.190. The number of carboxylic acids is 1. The maximum atomic E-state index is 11.7. The minimum Gasteiger partial charge on any atom is -0.497 e. The van der Waals surface area contributed by atoms with E-state index in [-0.39, 0.29) is 4.88 Å². The number of nitriles is 1. The summed E-state index contributed by atoms with van der Waals surface area (Å²) >= 11 is 1.08. The van der Waals surface area contributed by atoms with E-state index in [1.54, 1.807) is 49.6 Å². The lowest BCUT2D eigenvalue weighted by Gasteiger charge is -2.07. The highest BCUT2D eigenvalue weighted by Gasteiger charge is 2.20. The molecule has 1 heterocycles. The van der Waals surface area contributed by atoms with Crippen molar-refractivity contribution < 1.29 is 19.4 Å². The molecule has 3 aromatic rings. The maximum Gasteiger partial charge on any atom is 0.348 e. The van der Waals surface area contributed by atoms with Gasteiger partial charge in [0.25, 0.3) is 0 Å². The smallest absolute Gasteiger partial charge is 0.348 e. The summed E-state index contributed by atoms with van der Waals surface area (Å²) in [5, 5.41) is 19.5. The Balaban J connectivity index is 2.03. The Hall–Kier alpha value is -3.37. The van der Waals surface area contributed by atoms with E-state index >= 15 is 0 Å². The van der Waals surface area contributed by atoms with E-state index in [1.807, 2.05) is 6.92 Å². The summed E-state index contributed by atoms with van der Waals surface area (Å²) in [5.41, 5.74) is 2.14. The van der Waals surface area contributed by atoms with Crippen molar-refractivity contribution >= 4 is 17.3 Å². The van der Waals surface area contributed by atoms with Crippen LogP contribution < -0.4 is 9.47 Å². The molecule has 0 atom stereocenters. The summed E-state index contributed by atoms with van der Waals surface area (Å²) in [6.45, 7) is 2.51. The van der Waals surface area contributed by atoms with Gasteiger partial charge >= 0.3 is 5.97 Å². The molecule has 2 aromatic carbocycles. The number of methoxy groups -OCH3 is 1. The lowest BCUT2D eigenvalue weighted by atomic mass is 10.1. The second kappa shape index (κ2) is 8.55. The quantitative estimate of drug-likeness (QED) is 0.616. The van der Waals surface area contributed by atoms with Gasteiger partial charge in [0.05, 0.1) is 25.0 Å². The minimum atomic E-state index is -1.04. The van der Waals surface area contributed by atoms with Crippen LogP contribution in [-0.4, -0.2) is 29.8 Å². The van der Waals surface area contributed by atoms with Gasteiger partial charge in [-0.25, -0.2) is 9.78 Å². The van der Waals surface area contributed by atoms with Crippen LogP contribution in [0.15, 0.2) is 42.5 Å². The van der Waals surface area contributed by atoms with E-state index in [0.717, 1.165) is 17.8 Å². The molecule has 0 saturated heterocycles. The Morgan fingerprint density at radius 3 is 2.54 bits per heavy atom. The van der Waals surface area contributed by atoms with Crippen LogP contribution in [0.5, 0.6) is 11.5 Å². The summed E-state index contributed by atoms with van der Waals surface area (Å²) in [6, 6.07) is 14.4. The van der Waals surface area contributed by atoms with Gasteiger partial charge in [-0.05, 0) is 48.9 Å². The molecule has 0 fully saturated rings. The van der Waals surface area contributed by atoms with Gasteiger partial charge in [0.2, 0.25) is 0 Å². The number of aromatic nitrogens is 1. The highest BCUT2D eigenvalue weighted by atomic mass is 32.1. The first-order chi connectivity index (χ1) is 13.6. The molecule has 0 aliphatic rings. The van der Waals surface area contributed by atoms with Crippen molar-refractivity contribution in [3.05, 3.63) is 52.9 Å². The number of ether oxygens (including phenoxy) is 2. The fourth-order valence-corrected chi connectivity index (χ4v) is 3.54. The topological polar surface area (TPSA) is 92.4 Å². The zero-order valence-corrected chi connectivity index (χ0v) is 16.2. The van der Waals surface area contributed by atoms with Crippen LogP contribution >= 0.6 is 11.3 Å². The SMILES string of the molecule is CCCOc1ccc(-c2nc(-c3ccc(OC)cc3)c(C(=O)O)s2)cc1C#N. The monoisotopic (exact) mass is 394 g/mol. The van der Waals surface area contributed by atoms with Crippen LogP contribution in [0.1, 0.15) is 28.6 Å². The summed E-state index contributed by atoms with van der Waals surface area (Å²) in [4.78, 5) is 16.4. The highest BCUT2D eigenvalue weighted by Crippen LogP contribution is 2.36. The fourth-order valence-electron chi connectivity index (χ4n) is 2.62. The maximum absolute atomic E-state index is 11.7. The number of carboxylic acid groups (broad SMARTS) is 1. The van der Waals surface area contributed by atoms with E-state index in [2.05, 4.69) is 11.1 Å². The summed E-state index contributed by atoms with van der Waals surface area (Å²) < 4.78 is 10.7. The number of carbonyl (C=O) groups is 1. The van der Waals surface area contributed by atoms with Crippen molar-refractivity contribution in [3.8, 4) is 39.4 Å². The Morgan fingerprint density at radius 1 is 1.21 bits per heavy atom. The number of nitrogens with zero attached hydrogens (tertiary/aromatic N) is 2. The molecule has 6 nitrogen and oxygen atoms in total. The first-order valence-electron chi connectivity index (χ1n) is 8.63. The Morgan fingerprint density at radius 2 is 1.93 bits per heavy atom. The number of aromatic carboxylic acids is 1. The van der Waals surface area contributed by atoms with E-state index in [9.17, 15) is 15.2 Å². The van der Waals surface area contributed by atoms with Gasteiger partial charge in [0.1, 0.15) is 27.5 Å². The Labute approximate surface area is 166 Å². The second-order valence-electron chi connectivity index (χ2n) is 5.90. The predicted molar refractivity (Wildman–Crippen MR) is 107 cm³/mol. The Kier molecular flexibility index (Phi) is 5.92. The van der Waals surface area contributed by atoms with E-state index in [1.165, 1.54) is 0 Å². The van der Waals surface area contributed by atoms with Gasteiger partial charge in [0.15, 0.2) is 0 Å². The molecule has 0 bridgehead atoms. The molecular formula is C21H18N2O4S. The highest BCUT2D eigenvalue weighted by molar-refractivity contribution is 7.17. The standard InChI is InChI=1S/C21H18N2O4S/c1-3-10-27-17-9-6-14(11-15(17)12-22)20-23-18(19(28-20)21(24)25)13-4-7-16(26-2)8-5-13/h4-9,11H,3,10H2,1-2H3,(H,24,25). The third kappa shape index (κ3) is 3.97. The minimum absolute atomic E-state index is 0.144. The number of hydrogen-bond acceptors (Lipinski definition) is 6. The van der Waals surface area contributed by atoms with Gasteiger partial charge in [-0.15, -0.1) is 11.3 Å². The first kappa shape index (κ1) is 19.4. The lowest BCUT2D eigenvalue weighted by molar-refractivity contribution is 0.0702. The molecule has 3 rings (SSSR count). The molecule has 142 valence electrons. The molecule has 0 radical (unpaired) electrons. The van der Waals surface area contributed by atoms with Crippen LogP contribution in [0.4, 0.5) is 0 Å². The molecule has 1 N–H and O–H groups in total. The third-order valence-electron chi connectivity index (χ3n) is 3.99. The van der Waals surface area contributed by atoms with Crippen molar-refractivity contribution in [1.82, 2.24) is 4.98 Å². The molecule has 0 amide bonds. The van der Waals surface area contributed by atoms with Crippen molar-refractivity contribution in [2.45, 2.75) is 13.3 Å². The van der Waals surface area contributed by atoms with Gasteiger partial charge in [-0.3, -0.25) is 0 Å². The van der Waals surface area contributed by atoms with E-state index in [4.69, 9.17) is 9.47 Å². The van der Waals surface area contributed by atoms with Crippen molar-refractivity contribution in [2.75, 3.05) is 13.7 Å². The molecule has 0 aliphatic heterocycles. The van der Waals surface area contributed by atoms with Gasteiger partial charge in [0, 0.05) is 11.1 Å². The molecule has 0 spiro atoms. The average molecular weight is 394 g/mol. The summed E-state index contributed by atoms with van der Waals surface area (Å²) in [6.07, 6.45) is 0.840. The van der Waals surface area contributed by atoms with Gasteiger partial charge in [-0.1, -0.05) is 6.92 Å². The molecule has 0 aliphatic carbocycles. The molecule has 0 unspecified atom stereocenters. The number of benzene rings is 2. The van der Waals surface area contributed by atoms with Gasteiger partial charge in [-0.2, -0.15) is 5.26 Å². The van der Waals surface area contributed by atoms with Gasteiger partial charge < -0.3 is 14.6 Å². The predicted octanol–water partition coefficient (Wildman–Crippen LogP) is 4.84. The third-order valence-corrected chi connectivity index (χ3v) is 5.09.